The van der Waals surface area contributed by atoms with Crippen molar-refractivity contribution in [2.24, 2.45) is 4.99 Å². The van der Waals surface area contributed by atoms with Gasteiger partial charge in [0.05, 0.1) is 28.4 Å². The van der Waals surface area contributed by atoms with E-state index < -0.39 is 0 Å². The molecule has 2 aromatic carbocycles. The maximum absolute atomic E-state index is 12.8. The van der Waals surface area contributed by atoms with Gasteiger partial charge >= 0.3 is 0 Å². The maximum atomic E-state index is 12.8. The van der Waals surface area contributed by atoms with Crippen LogP contribution in [0.15, 0.2) is 46.3 Å². The maximum Gasteiger partial charge on any atom is 0.266 e. The quantitative estimate of drug-likeness (QED) is 0.469. The summed E-state index contributed by atoms with van der Waals surface area (Å²) < 4.78 is 11.0. The lowest BCUT2D eigenvalue weighted by Gasteiger charge is -2.12. The number of halogens is 1. The molecule has 146 valence electrons. The number of aliphatic imine (C=N–C) groups is 1. The van der Waals surface area contributed by atoms with Crippen LogP contribution >= 0.6 is 34.4 Å². The smallest absolute Gasteiger partial charge is 0.266 e. The number of carbonyl (C=O) groups is 1. The monoisotopic (exact) mass is 510 g/mol. The Labute approximate surface area is 181 Å². The van der Waals surface area contributed by atoms with Crippen LogP contribution in [0.4, 0.5) is 5.69 Å². The van der Waals surface area contributed by atoms with E-state index in [0.717, 1.165) is 17.0 Å². The van der Waals surface area contributed by atoms with Crippen molar-refractivity contribution in [3.05, 3.63) is 50.4 Å². The molecule has 2 aromatic rings. The largest absolute Gasteiger partial charge is 0.504 e. The Morgan fingerprint density at radius 2 is 1.93 bits per heavy atom. The van der Waals surface area contributed by atoms with Crippen molar-refractivity contribution in [1.29, 1.82) is 0 Å². The average Bonchev–Trinajstić information content (AvgIpc) is 2.99. The third-order valence-electron chi connectivity index (χ3n) is 4.07. The van der Waals surface area contributed by atoms with Crippen LogP contribution in [0.3, 0.4) is 0 Å². The molecule has 0 unspecified atom stereocenters. The summed E-state index contributed by atoms with van der Waals surface area (Å²) in [6.07, 6.45) is 1.79. The third kappa shape index (κ3) is 4.27. The predicted octanol–water partition coefficient (Wildman–Crippen LogP) is 4.64. The van der Waals surface area contributed by atoms with Gasteiger partial charge in [-0.25, -0.2) is 4.99 Å². The summed E-state index contributed by atoms with van der Waals surface area (Å²) in [5.41, 5.74) is 1.52. The van der Waals surface area contributed by atoms with Crippen molar-refractivity contribution in [3.63, 3.8) is 0 Å². The number of benzene rings is 2. The second-order valence-corrected chi connectivity index (χ2v) is 7.98. The van der Waals surface area contributed by atoms with Crippen molar-refractivity contribution < 1.29 is 19.4 Å². The third-order valence-corrected chi connectivity index (χ3v) is 5.90. The van der Waals surface area contributed by atoms with Gasteiger partial charge in [-0.15, -0.1) is 0 Å². The van der Waals surface area contributed by atoms with Crippen molar-refractivity contribution >= 4 is 57.2 Å². The molecule has 1 heterocycles. The molecule has 8 heteroatoms. The van der Waals surface area contributed by atoms with E-state index in [4.69, 9.17) is 9.47 Å². The molecule has 3 rings (SSSR count). The molecule has 0 radical (unpaired) electrons. The zero-order valence-electron chi connectivity index (χ0n) is 15.6. The van der Waals surface area contributed by atoms with Crippen LogP contribution in [0.2, 0.25) is 0 Å². The van der Waals surface area contributed by atoms with E-state index in [-0.39, 0.29) is 11.7 Å². The minimum absolute atomic E-state index is 0.0904. The summed E-state index contributed by atoms with van der Waals surface area (Å²) >= 11 is 3.36. The first kappa shape index (κ1) is 20.5. The normalized spacial score (nSPS) is 16.9. The molecule has 1 saturated heterocycles. The molecule has 0 aromatic heterocycles. The van der Waals surface area contributed by atoms with Gasteiger partial charge in [0.25, 0.3) is 5.91 Å². The standard InChI is InChI=1S/C20H19IN2O4S/c1-4-23-19(25)17(11-12-9-15(21)18(24)16(10-12)27-3)28-20(23)22-13-5-7-14(26-2)8-6-13/h5-11,24H,4H2,1-3H3. The molecule has 0 saturated carbocycles. The summed E-state index contributed by atoms with van der Waals surface area (Å²) in [6.45, 7) is 2.44. The summed E-state index contributed by atoms with van der Waals surface area (Å²) in [6, 6.07) is 10.9. The van der Waals surface area contributed by atoms with Gasteiger partial charge in [-0.3, -0.25) is 9.69 Å². The number of rotatable bonds is 5. The number of likely N-dealkylation sites (N-methyl/N-ethyl adjacent to an activating group) is 1. The molecule has 0 spiro atoms. The molecule has 1 fully saturated rings. The Morgan fingerprint density at radius 1 is 1.21 bits per heavy atom. The topological polar surface area (TPSA) is 71.4 Å². The molecule has 1 amide bonds. The molecule has 28 heavy (non-hydrogen) atoms. The fourth-order valence-corrected chi connectivity index (χ4v) is 4.31. The SMILES string of the molecule is CCN1C(=O)C(=Cc2cc(I)c(O)c(OC)c2)SC1=Nc1ccc(OC)cc1. The molecule has 1 N–H and O–H groups in total. The lowest BCUT2D eigenvalue weighted by atomic mass is 10.2. The Morgan fingerprint density at radius 3 is 2.54 bits per heavy atom. The van der Waals surface area contributed by atoms with Gasteiger partial charge in [0, 0.05) is 6.54 Å². The molecule has 1 aliphatic rings. The van der Waals surface area contributed by atoms with Gasteiger partial charge in [-0.1, -0.05) is 0 Å². The van der Waals surface area contributed by atoms with Crippen LogP contribution in [0.25, 0.3) is 6.08 Å². The molecule has 0 atom stereocenters. The molecular formula is C20H19IN2O4S. The first-order chi connectivity index (χ1) is 13.5. The molecule has 0 bridgehead atoms. The van der Waals surface area contributed by atoms with Crippen molar-refractivity contribution in [3.8, 4) is 17.2 Å². The number of amides is 1. The molecular weight excluding hydrogens is 491 g/mol. The van der Waals surface area contributed by atoms with Gasteiger partial charge < -0.3 is 14.6 Å². The number of hydrogen-bond acceptors (Lipinski definition) is 6. The minimum Gasteiger partial charge on any atom is -0.504 e. The average molecular weight is 510 g/mol. The Kier molecular flexibility index (Phi) is 6.50. The minimum atomic E-state index is -0.0955. The Balaban J connectivity index is 1.93. The van der Waals surface area contributed by atoms with Gasteiger partial charge in [0.2, 0.25) is 0 Å². The van der Waals surface area contributed by atoms with Crippen molar-refractivity contribution in [2.45, 2.75) is 6.92 Å². The van der Waals surface area contributed by atoms with Crippen LogP contribution < -0.4 is 9.47 Å². The van der Waals surface area contributed by atoms with E-state index in [9.17, 15) is 9.90 Å². The highest BCUT2D eigenvalue weighted by Gasteiger charge is 2.32. The fraction of sp³-hybridized carbons (Fsp3) is 0.200. The summed E-state index contributed by atoms with van der Waals surface area (Å²) in [5.74, 6) is 1.12. The fourth-order valence-electron chi connectivity index (χ4n) is 2.62. The zero-order chi connectivity index (χ0) is 20.3. The number of phenolic OH excluding ortho intramolecular Hbond substituents is 1. The van der Waals surface area contributed by atoms with Gasteiger partial charge in [0.1, 0.15) is 5.75 Å². The van der Waals surface area contributed by atoms with Crippen LogP contribution in [-0.2, 0) is 4.79 Å². The molecule has 6 nitrogen and oxygen atoms in total. The molecule has 1 aliphatic heterocycles. The second kappa shape index (κ2) is 8.87. The Bertz CT molecular complexity index is 957. The van der Waals surface area contributed by atoms with Crippen molar-refractivity contribution in [1.82, 2.24) is 4.90 Å². The molecule has 0 aliphatic carbocycles. The predicted molar refractivity (Wildman–Crippen MR) is 120 cm³/mol. The van der Waals surface area contributed by atoms with E-state index >= 15 is 0 Å². The number of phenols is 1. The lowest BCUT2D eigenvalue weighted by molar-refractivity contribution is -0.122. The number of amidine groups is 1. The second-order valence-electron chi connectivity index (χ2n) is 5.81. The number of methoxy groups -OCH3 is 2. The number of hydrogen-bond donors (Lipinski definition) is 1. The first-order valence-corrected chi connectivity index (χ1v) is 10.4. The van der Waals surface area contributed by atoms with E-state index in [2.05, 4.69) is 4.99 Å². The number of ether oxygens (including phenoxy) is 2. The van der Waals surface area contributed by atoms with Crippen LogP contribution in [-0.4, -0.2) is 41.8 Å². The van der Waals surface area contributed by atoms with Crippen LogP contribution in [0.1, 0.15) is 12.5 Å². The highest BCUT2D eigenvalue weighted by atomic mass is 127. The summed E-state index contributed by atoms with van der Waals surface area (Å²) in [5, 5.41) is 10.6. The van der Waals surface area contributed by atoms with Gasteiger partial charge in [-0.05, 0) is 89.3 Å². The lowest BCUT2D eigenvalue weighted by Crippen LogP contribution is -2.28. The van der Waals surface area contributed by atoms with Crippen LogP contribution in [0, 0.1) is 3.57 Å². The van der Waals surface area contributed by atoms with Gasteiger partial charge in [-0.2, -0.15) is 0 Å². The van der Waals surface area contributed by atoms with E-state index in [1.807, 2.05) is 53.8 Å². The van der Waals surface area contributed by atoms with E-state index in [1.165, 1.54) is 18.9 Å². The van der Waals surface area contributed by atoms with E-state index in [1.54, 1.807) is 30.2 Å². The van der Waals surface area contributed by atoms with E-state index in [0.29, 0.717) is 25.9 Å². The Hall–Kier alpha value is -2.20. The summed E-state index contributed by atoms with van der Waals surface area (Å²) in [7, 11) is 3.11. The van der Waals surface area contributed by atoms with Gasteiger partial charge in [0.15, 0.2) is 16.7 Å². The number of aromatic hydroxyl groups is 1. The number of thioether (sulfide) groups is 1. The number of carbonyl (C=O) groups excluding carboxylic acids is 1. The van der Waals surface area contributed by atoms with Crippen LogP contribution in [0.5, 0.6) is 17.2 Å². The highest BCUT2D eigenvalue weighted by Crippen LogP contribution is 2.37. The highest BCUT2D eigenvalue weighted by molar-refractivity contribution is 14.1. The van der Waals surface area contributed by atoms with Crippen molar-refractivity contribution in [2.75, 3.05) is 20.8 Å². The first-order valence-electron chi connectivity index (χ1n) is 8.47. The zero-order valence-corrected chi connectivity index (χ0v) is 18.6. The summed E-state index contributed by atoms with van der Waals surface area (Å²) in [4.78, 5) is 19.6. The number of nitrogens with zero attached hydrogens (tertiary/aromatic N) is 2.